The van der Waals surface area contributed by atoms with Crippen molar-refractivity contribution in [2.45, 2.75) is 44.8 Å². The van der Waals surface area contributed by atoms with Crippen LogP contribution in [-0.4, -0.2) is 63.0 Å². The minimum Gasteiger partial charge on any atom is -0.350 e. The van der Waals surface area contributed by atoms with Crippen LogP contribution in [0.2, 0.25) is 0 Å². The molecule has 1 saturated heterocycles. The molecular formula is C29H33N5O3. The normalized spacial score (nSPS) is 20.0. The predicted octanol–water partition coefficient (Wildman–Crippen LogP) is 3.14. The Labute approximate surface area is 217 Å². The third-order valence-electron chi connectivity index (χ3n) is 7.77. The minimum absolute atomic E-state index is 0.161. The van der Waals surface area contributed by atoms with Crippen LogP contribution in [-0.2, 0) is 24.3 Å². The fourth-order valence-corrected chi connectivity index (χ4v) is 5.25. The highest BCUT2D eigenvalue weighted by atomic mass is 16.2. The van der Waals surface area contributed by atoms with Crippen LogP contribution in [0, 0.1) is 5.92 Å². The number of aromatic nitrogens is 2. The van der Waals surface area contributed by atoms with Gasteiger partial charge in [0.15, 0.2) is 5.69 Å². The summed E-state index contributed by atoms with van der Waals surface area (Å²) < 4.78 is 1.51. The molecular weight excluding hydrogens is 466 g/mol. The van der Waals surface area contributed by atoms with Gasteiger partial charge in [-0.15, -0.1) is 0 Å². The number of benzene rings is 2. The van der Waals surface area contributed by atoms with Crippen molar-refractivity contribution in [1.82, 2.24) is 24.9 Å². The number of likely N-dealkylation sites (N-methyl/N-ethyl adjacent to an activating group) is 1. The van der Waals surface area contributed by atoms with Gasteiger partial charge in [0.1, 0.15) is 11.2 Å². The Bertz CT molecular complexity index is 1280. The van der Waals surface area contributed by atoms with Crippen LogP contribution in [0.3, 0.4) is 0 Å². The van der Waals surface area contributed by atoms with Crippen LogP contribution in [0.1, 0.15) is 51.9 Å². The molecule has 5 rings (SSSR count). The summed E-state index contributed by atoms with van der Waals surface area (Å²) in [7, 11) is 1.62. The monoisotopic (exact) mass is 499 g/mol. The highest BCUT2D eigenvalue weighted by molar-refractivity contribution is 6.01. The molecule has 2 aliphatic heterocycles. The molecule has 0 radical (unpaired) electrons. The van der Waals surface area contributed by atoms with Gasteiger partial charge in [-0.1, -0.05) is 60.7 Å². The second-order valence-electron chi connectivity index (χ2n) is 10.3. The second kappa shape index (κ2) is 10.2. The summed E-state index contributed by atoms with van der Waals surface area (Å²) >= 11 is 0. The van der Waals surface area contributed by atoms with Gasteiger partial charge in [0.25, 0.3) is 11.8 Å². The van der Waals surface area contributed by atoms with Gasteiger partial charge in [0.05, 0.1) is 6.54 Å². The van der Waals surface area contributed by atoms with Crippen LogP contribution in [0.15, 0.2) is 66.7 Å². The first-order valence-electron chi connectivity index (χ1n) is 12.9. The number of nitrogens with one attached hydrogen (secondary N) is 1. The Balaban J connectivity index is 1.24. The lowest BCUT2D eigenvalue weighted by Gasteiger charge is -2.40. The molecule has 1 N–H and O–H groups in total. The molecule has 3 amide bonds. The molecule has 2 aromatic carbocycles. The van der Waals surface area contributed by atoms with E-state index >= 15 is 0 Å². The molecule has 0 aliphatic carbocycles. The summed E-state index contributed by atoms with van der Waals surface area (Å²) in [6.07, 6.45) is 2.90. The smallest absolute Gasteiger partial charge is 0.274 e. The maximum Gasteiger partial charge on any atom is 0.274 e. The summed E-state index contributed by atoms with van der Waals surface area (Å²) in [5, 5.41) is 7.44. The molecule has 2 aliphatic rings. The van der Waals surface area contributed by atoms with Crippen molar-refractivity contribution in [3.63, 3.8) is 0 Å². The van der Waals surface area contributed by atoms with Crippen molar-refractivity contribution in [3.05, 3.63) is 89.2 Å². The number of likely N-dealkylation sites (tertiary alicyclic amines) is 1. The second-order valence-corrected chi connectivity index (χ2v) is 10.3. The molecule has 3 aromatic rings. The van der Waals surface area contributed by atoms with E-state index in [4.69, 9.17) is 0 Å². The fraction of sp³-hybridized carbons (Fsp3) is 0.379. The van der Waals surface area contributed by atoms with Crippen molar-refractivity contribution < 1.29 is 14.4 Å². The van der Waals surface area contributed by atoms with E-state index in [0.29, 0.717) is 31.2 Å². The number of hydrogen-bond acceptors (Lipinski definition) is 4. The van der Waals surface area contributed by atoms with Crippen molar-refractivity contribution in [3.8, 4) is 0 Å². The third-order valence-corrected chi connectivity index (χ3v) is 7.77. The lowest BCUT2D eigenvalue weighted by molar-refractivity contribution is -0.132. The van der Waals surface area contributed by atoms with Gasteiger partial charge in [-0.2, -0.15) is 5.10 Å². The first kappa shape index (κ1) is 24.7. The highest BCUT2D eigenvalue weighted by Crippen LogP contribution is 2.27. The quantitative estimate of drug-likeness (QED) is 0.565. The Kier molecular flexibility index (Phi) is 6.82. The maximum absolute atomic E-state index is 13.3. The maximum atomic E-state index is 13.3. The molecule has 3 heterocycles. The van der Waals surface area contributed by atoms with E-state index in [0.717, 1.165) is 24.8 Å². The topological polar surface area (TPSA) is 87.5 Å². The van der Waals surface area contributed by atoms with E-state index in [-0.39, 0.29) is 30.0 Å². The number of fused-ring (bicyclic) bond motifs is 1. The molecule has 192 valence electrons. The fourth-order valence-electron chi connectivity index (χ4n) is 5.25. The van der Waals surface area contributed by atoms with Gasteiger partial charge in [-0.3, -0.25) is 19.1 Å². The molecule has 1 unspecified atom stereocenters. The van der Waals surface area contributed by atoms with E-state index in [9.17, 15) is 14.4 Å². The van der Waals surface area contributed by atoms with E-state index < -0.39 is 5.54 Å². The summed E-state index contributed by atoms with van der Waals surface area (Å²) in [5.41, 5.74) is 1.77. The number of rotatable bonds is 6. The predicted molar refractivity (Wildman–Crippen MR) is 140 cm³/mol. The summed E-state index contributed by atoms with van der Waals surface area (Å²) in [6, 6.07) is 21.6. The largest absolute Gasteiger partial charge is 0.350 e. The van der Waals surface area contributed by atoms with Gasteiger partial charge in [0, 0.05) is 32.7 Å². The number of piperidine rings is 1. The number of hydrogen-bond donors (Lipinski definition) is 1. The van der Waals surface area contributed by atoms with Crippen LogP contribution < -0.4 is 5.32 Å². The zero-order chi connectivity index (χ0) is 26.0. The van der Waals surface area contributed by atoms with E-state index in [1.165, 1.54) is 15.1 Å². The van der Waals surface area contributed by atoms with Crippen molar-refractivity contribution in [2.24, 2.45) is 5.92 Å². The van der Waals surface area contributed by atoms with E-state index in [1.807, 2.05) is 41.3 Å². The zero-order valence-corrected chi connectivity index (χ0v) is 21.4. The van der Waals surface area contributed by atoms with Gasteiger partial charge >= 0.3 is 0 Å². The molecule has 0 spiro atoms. The number of amides is 3. The molecule has 1 aromatic heterocycles. The third kappa shape index (κ3) is 5.01. The van der Waals surface area contributed by atoms with E-state index in [2.05, 4.69) is 34.7 Å². The molecule has 0 saturated carbocycles. The number of carbonyl (C=O) groups excluding carboxylic acids is 3. The SMILES string of the molecule is CN1C(=O)c2cc(C(=O)N3CCC(Cc4ccccc4)CC3)nn2CC1(C)C(=O)NCc1ccccc1. The Hall–Kier alpha value is -3.94. The molecule has 37 heavy (non-hydrogen) atoms. The Morgan fingerprint density at radius 3 is 2.27 bits per heavy atom. The van der Waals surface area contributed by atoms with Crippen LogP contribution >= 0.6 is 0 Å². The van der Waals surface area contributed by atoms with Crippen LogP contribution in [0.5, 0.6) is 0 Å². The average Bonchev–Trinajstić information content (AvgIpc) is 3.35. The Morgan fingerprint density at radius 1 is 1.00 bits per heavy atom. The lowest BCUT2D eigenvalue weighted by Crippen LogP contribution is -2.62. The number of nitrogens with zero attached hydrogens (tertiary/aromatic N) is 4. The highest BCUT2D eigenvalue weighted by Gasteiger charge is 2.46. The van der Waals surface area contributed by atoms with E-state index in [1.54, 1.807) is 20.0 Å². The summed E-state index contributed by atoms with van der Waals surface area (Å²) in [4.78, 5) is 42.9. The standard InChI is InChI=1S/C29H33N5O3/c1-29(28(37)30-19-23-11-7-4-8-12-23)20-34-25(27(36)32(29)2)18-24(31-34)26(35)33-15-13-22(14-16-33)17-21-9-5-3-6-10-21/h3-12,18,22H,13-17,19-20H2,1-2H3,(H,30,37). The number of carbonyl (C=O) groups is 3. The van der Waals surface area contributed by atoms with Gasteiger partial charge in [-0.25, -0.2) is 0 Å². The Morgan fingerprint density at radius 2 is 1.62 bits per heavy atom. The molecule has 8 heteroatoms. The van der Waals surface area contributed by atoms with Crippen molar-refractivity contribution in [1.29, 1.82) is 0 Å². The summed E-state index contributed by atoms with van der Waals surface area (Å²) in [6.45, 7) is 3.62. The molecule has 1 fully saturated rings. The van der Waals surface area contributed by atoms with Crippen LogP contribution in [0.4, 0.5) is 0 Å². The van der Waals surface area contributed by atoms with Crippen molar-refractivity contribution in [2.75, 3.05) is 20.1 Å². The summed E-state index contributed by atoms with van der Waals surface area (Å²) in [5.74, 6) is -0.198. The molecule has 0 bridgehead atoms. The van der Waals surface area contributed by atoms with Crippen molar-refractivity contribution >= 4 is 17.7 Å². The molecule has 8 nitrogen and oxygen atoms in total. The first-order chi connectivity index (χ1) is 17.8. The minimum atomic E-state index is -1.12. The van der Waals surface area contributed by atoms with Gasteiger partial charge < -0.3 is 15.1 Å². The van der Waals surface area contributed by atoms with Crippen LogP contribution in [0.25, 0.3) is 0 Å². The lowest BCUT2D eigenvalue weighted by atomic mass is 9.90. The molecule has 1 atom stereocenters. The first-order valence-corrected chi connectivity index (χ1v) is 12.9. The average molecular weight is 500 g/mol. The van der Waals surface area contributed by atoms with Gasteiger partial charge in [0.2, 0.25) is 5.91 Å². The van der Waals surface area contributed by atoms with Gasteiger partial charge in [-0.05, 0) is 43.2 Å². The zero-order valence-electron chi connectivity index (χ0n) is 21.4.